The molecular weight excluding hydrogens is 555 g/mol. The predicted octanol–water partition coefficient (Wildman–Crippen LogP) is 9.29. The number of benzene rings is 7. The van der Waals surface area contributed by atoms with E-state index >= 15 is 4.57 Å². The van der Waals surface area contributed by atoms with E-state index in [1.807, 2.05) is 91.0 Å². The van der Waals surface area contributed by atoms with E-state index in [0.29, 0.717) is 0 Å². The highest BCUT2D eigenvalue weighted by Crippen LogP contribution is 2.56. The lowest BCUT2D eigenvalue weighted by Crippen LogP contribution is -2.32. The number of ether oxygens (including phenoxy) is 1. The SMILES string of the molecule is O=P(c1ccccc1)(c1ccccc1)c1c2c(c(-c3ccccc3)c3ccccc13)-c1ccccc1O[C@H]2c1ccccc1. The number of para-hydroxylation sites is 1. The average Bonchev–Trinajstić information content (AvgIpc) is 3.11. The summed E-state index contributed by atoms with van der Waals surface area (Å²) in [5.41, 5.74) is 6.31. The van der Waals surface area contributed by atoms with Crippen LogP contribution in [0.4, 0.5) is 0 Å². The van der Waals surface area contributed by atoms with Crippen LogP contribution in [0, 0.1) is 0 Å². The summed E-state index contributed by atoms with van der Waals surface area (Å²) in [4.78, 5) is 0. The summed E-state index contributed by atoms with van der Waals surface area (Å²) in [6, 6.07) is 57.6. The largest absolute Gasteiger partial charge is 0.480 e. The van der Waals surface area contributed by atoms with Gasteiger partial charge in [-0.15, -0.1) is 0 Å². The predicted molar refractivity (Wildman–Crippen MR) is 183 cm³/mol. The van der Waals surface area contributed by atoms with Crippen LogP contribution in [0.5, 0.6) is 5.75 Å². The summed E-state index contributed by atoms with van der Waals surface area (Å²) in [5, 5.41) is 4.49. The molecule has 1 aliphatic rings. The zero-order chi connectivity index (χ0) is 29.5. The van der Waals surface area contributed by atoms with Gasteiger partial charge in [-0.05, 0) is 33.5 Å². The molecule has 3 heteroatoms. The van der Waals surface area contributed by atoms with Crippen LogP contribution >= 0.6 is 7.14 Å². The minimum absolute atomic E-state index is 0.469. The minimum atomic E-state index is -3.44. The molecule has 0 aliphatic carbocycles. The van der Waals surface area contributed by atoms with Gasteiger partial charge in [-0.1, -0.05) is 164 Å². The van der Waals surface area contributed by atoms with E-state index in [4.69, 9.17) is 4.74 Å². The van der Waals surface area contributed by atoms with Crippen molar-refractivity contribution in [3.8, 4) is 28.0 Å². The summed E-state index contributed by atoms with van der Waals surface area (Å²) < 4.78 is 23.4. The summed E-state index contributed by atoms with van der Waals surface area (Å²) in [7, 11) is -3.44. The van der Waals surface area contributed by atoms with Gasteiger partial charge in [0.25, 0.3) is 0 Å². The Bertz CT molecular complexity index is 2110. The smallest absolute Gasteiger partial charge is 0.172 e. The molecule has 44 heavy (non-hydrogen) atoms. The van der Waals surface area contributed by atoms with E-state index < -0.39 is 13.2 Å². The molecule has 0 amide bonds. The van der Waals surface area contributed by atoms with Gasteiger partial charge < -0.3 is 9.30 Å². The third kappa shape index (κ3) is 4.14. The molecule has 7 aromatic rings. The lowest BCUT2D eigenvalue weighted by Gasteiger charge is -2.36. The Morgan fingerprint density at radius 1 is 0.477 bits per heavy atom. The van der Waals surface area contributed by atoms with E-state index in [0.717, 1.165) is 65.8 Å². The third-order valence-corrected chi connectivity index (χ3v) is 11.8. The number of rotatable bonds is 5. The molecule has 0 N–H and O–H groups in total. The van der Waals surface area contributed by atoms with Crippen LogP contribution in [-0.2, 0) is 4.57 Å². The fourth-order valence-corrected chi connectivity index (χ4v) is 9.83. The maximum atomic E-state index is 16.4. The highest BCUT2D eigenvalue weighted by molar-refractivity contribution is 7.85. The first kappa shape index (κ1) is 26.5. The molecule has 1 heterocycles. The Labute approximate surface area is 257 Å². The van der Waals surface area contributed by atoms with Crippen molar-refractivity contribution in [1.29, 1.82) is 0 Å². The van der Waals surface area contributed by atoms with E-state index in [1.54, 1.807) is 0 Å². The molecule has 210 valence electrons. The zero-order valence-electron chi connectivity index (χ0n) is 24.0. The maximum Gasteiger partial charge on any atom is 0.172 e. The minimum Gasteiger partial charge on any atom is -0.480 e. The van der Waals surface area contributed by atoms with Crippen LogP contribution in [0.25, 0.3) is 33.0 Å². The van der Waals surface area contributed by atoms with Crippen molar-refractivity contribution in [3.63, 3.8) is 0 Å². The highest BCUT2D eigenvalue weighted by atomic mass is 31.2. The molecule has 7 aromatic carbocycles. The monoisotopic (exact) mass is 584 g/mol. The summed E-state index contributed by atoms with van der Waals surface area (Å²) in [6.45, 7) is 0. The molecule has 0 fully saturated rings. The van der Waals surface area contributed by atoms with Crippen molar-refractivity contribution in [3.05, 3.63) is 181 Å². The van der Waals surface area contributed by atoms with Gasteiger partial charge in [0.2, 0.25) is 0 Å². The molecule has 0 unspecified atom stereocenters. The van der Waals surface area contributed by atoms with Crippen molar-refractivity contribution in [2.75, 3.05) is 0 Å². The fraction of sp³-hybridized carbons (Fsp3) is 0.0244. The zero-order valence-corrected chi connectivity index (χ0v) is 24.9. The Hall–Kier alpha value is -5.17. The molecule has 2 nitrogen and oxygen atoms in total. The second kappa shape index (κ2) is 10.8. The normalized spacial score (nSPS) is 14.0. The topological polar surface area (TPSA) is 26.3 Å². The lowest BCUT2D eigenvalue weighted by atomic mass is 9.81. The van der Waals surface area contributed by atoms with Crippen LogP contribution in [0.3, 0.4) is 0 Å². The molecule has 0 saturated carbocycles. The Balaban J connectivity index is 1.64. The summed E-state index contributed by atoms with van der Waals surface area (Å²) in [5.74, 6) is 0.821. The number of hydrogen-bond acceptors (Lipinski definition) is 2. The van der Waals surface area contributed by atoms with Crippen LogP contribution in [0.15, 0.2) is 170 Å². The molecule has 0 aromatic heterocycles. The molecule has 0 radical (unpaired) electrons. The van der Waals surface area contributed by atoms with Crippen LogP contribution in [0.1, 0.15) is 17.2 Å². The van der Waals surface area contributed by atoms with Crippen LogP contribution in [0.2, 0.25) is 0 Å². The second-order valence-electron chi connectivity index (χ2n) is 11.1. The molecule has 0 spiro atoms. The first-order chi connectivity index (χ1) is 21.7. The summed E-state index contributed by atoms with van der Waals surface area (Å²) >= 11 is 0. The first-order valence-corrected chi connectivity index (χ1v) is 16.6. The van der Waals surface area contributed by atoms with Crippen molar-refractivity contribution in [1.82, 2.24) is 0 Å². The average molecular weight is 585 g/mol. The Kier molecular flexibility index (Phi) is 6.51. The quantitative estimate of drug-likeness (QED) is 0.189. The van der Waals surface area contributed by atoms with E-state index in [9.17, 15) is 0 Å². The standard InChI is InChI=1S/C41H29O2P/c42-44(31-21-9-3-10-22-31,32-23-11-4-12-24-32)41-34-26-14-13-25-33(34)37(29-17-5-1-6-18-29)38-35-27-15-16-28-36(35)43-40(39(38)41)30-19-7-2-8-20-30/h1-28,40H/t40-/m0/s1. The van der Waals surface area contributed by atoms with Gasteiger partial charge in [0.15, 0.2) is 13.2 Å². The van der Waals surface area contributed by atoms with Gasteiger partial charge >= 0.3 is 0 Å². The van der Waals surface area contributed by atoms with Crippen molar-refractivity contribution < 1.29 is 9.30 Å². The maximum absolute atomic E-state index is 16.4. The van der Waals surface area contributed by atoms with Crippen molar-refractivity contribution >= 4 is 33.8 Å². The molecule has 1 aliphatic heterocycles. The highest BCUT2D eigenvalue weighted by Gasteiger charge is 2.41. The van der Waals surface area contributed by atoms with Crippen LogP contribution < -0.4 is 20.7 Å². The van der Waals surface area contributed by atoms with Gasteiger partial charge in [-0.2, -0.15) is 0 Å². The third-order valence-electron chi connectivity index (χ3n) is 8.61. The number of hydrogen-bond donors (Lipinski definition) is 0. The van der Waals surface area contributed by atoms with E-state index in [-0.39, 0.29) is 0 Å². The molecule has 8 rings (SSSR count). The fourth-order valence-electron chi connectivity index (χ4n) is 6.73. The Morgan fingerprint density at radius 2 is 0.977 bits per heavy atom. The molecular formula is C41H29O2P. The lowest BCUT2D eigenvalue weighted by molar-refractivity contribution is 0.245. The van der Waals surface area contributed by atoms with Crippen molar-refractivity contribution in [2.45, 2.75) is 6.10 Å². The van der Waals surface area contributed by atoms with E-state index in [2.05, 4.69) is 78.9 Å². The molecule has 1 atom stereocenters. The Morgan fingerprint density at radius 3 is 1.61 bits per heavy atom. The summed E-state index contributed by atoms with van der Waals surface area (Å²) in [6.07, 6.45) is -0.469. The molecule has 0 bridgehead atoms. The van der Waals surface area contributed by atoms with Gasteiger partial charge in [0, 0.05) is 32.6 Å². The van der Waals surface area contributed by atoms with Crippen LogP contribution in [-0.4, -0.2) is 0 Å². The van der Waals surface area contributed by atoms with Gasteiger partial charge in [0.05, 0.1) is 0 Å². The van der Waals surface area contributed by atoms with Gasteiger partial charge in [-0.25, -0.2) is 0 Å². The van der Waals surface area contributed by atoms with Gasteiger partial charge in [0.1, 0.15) is 5.75 Å². The van der Waals surface area contributed by atoms with E-state index in [1.165, 1.54) is 0 Å². The van der Waals surface area contributed by atoms with Gasteiger partial charge in [-0.3, -0.25) is 0 Å². The van der Waals surface area contributed by atoms with Crippen molar-refractivity contribution in [2.24, 2.45) is 0 Å². The second-order valence-corrected chi connectivity index (χ2v) is 13.8. The first-order valence-electron chi connectivity index (χ1n) is 14.9. The number of fused-ring (bicyclic) bond motifs is 4. The molecule has 0 saturated heterocycles.